The SMILES string of the molecule is O=C(COc1ccc2ccccc2c1)NNC(=O)C1CCCCC1. The molecule has 0 aromatic heterocycles. The molecule has 1 aliphatic carbocycles. The average molecular weight is 326 g/mol. The highest BCUT2D eigenvalue weighted by Gasteiger charge is 2.21. The van der Waals surface area contributed by atoms with Gasteiger partial charge in [0, 0.05) is 5.92 Å². The van der Waals surface area contributed by atoms with Gasteiger partial charge in [-0.05, 0) is 35.7 Å². The van der Waals surface area contributed by atoms with E-state index >= 15 is 0 Å². The van der Waals surface area contributed by atoms with Crippen molar-refractivity contribution in [2.45, 2.75) is 32.1 Å². The number of carbonyl (C=O) groups is 2. The van der Waals surface area contributed by atoms with Crippen LogP contribution < -0.4 is 15.6 Å². The Labute approximate surface area is 141 Å². The zero-order chi connectivity index (χ0) is 16.8. The van der Waals surface area contributed by atoms with Crippen LogP contribution >= 0.6 is 0 Å². The Morgan fingerprint density at radius 3 is 2.50 bits per heavy atom. The monoisotopic (exact) mass is 326 g/mol. The maximum atomic E-state index is 12.0. The third kappa shape index (κ3) is 4.25. The first-order chi connectivity index (χ1) is 11.7. The van der Waals surface area contributed by atoms with E-state index in [1.54, 1.807) is 0 Å². The quantitative estimate of drug-likeness (QED) is 0.849. The number of nitrogens with one attached hydrogen (secondary N) is 2. The van der Waals surface area contributed by atoms with Crippen molar-refractivity contribution in [1.82, 2.24) is 10.9 Å². The molecule has 0 atom stereocenters. The molecule has 1 saturated carbocycles. The van der Waals surface area contributed by atoms with Crippen molar-refractivity contribution in [1.29, 1.82) is 0 Å². The molecule has 2 N–H and O–H groups in total. The predicted octanol–water partition coefficient (Wildman–Crippen LogP) is 2.95. The van der Waals surface area contributed by atoms with Crippen LogP contribution in [0.2, 0.25) is 0 Å². The van der Waals surface area contributed by atoms with Crippen molar-refractivity contribution in [2.75, 3.05) is 6.61 Å². The molecule has 0 heterocycles. The Kier molecular flexibility index (Phi) is 5.31. The molecule has 1 fully saturated rings. The molecule has 0 radical (unpaired) electrons. The number of hydrogen-bond donors (Lipinski definition) is 2. The molecule has 2 amide bonds. The Bertz CT molecular complexity index is 723. The molecule has 0 bridgehead atoms. The van der Waals surface area contributed by atoms with Crippen molar-refractivity contribution >= 4 is 22.6 Å². The maximum absolute atomic E-state index is 12.0. The van der Waals surface area contributed by atoms with Crippen LogP contribution in [0.1, 0.15) is 32.1 Å². The van der Waals surface area contributed by atoms with Gasteiger partial charge in [-0.25, -0.2) is 0 Å². The smallest absolute Gasteiger partial charge is 0.276 e. The Morgan fingerprint density at radius 1 is 0.958 bits per heavy atom. The van der Waals surface area contributed by atoms with Gasteiger partial charge in [-0.1, -0.05) is 49.6 Å². The van der Waals surface area contributed by atoms with Gasteiger partial charge < -0.3 is 4.74 Å². The van der Waals surface area contributed by atoms with E-state index in [0.717, 1.165) is 36.5 Å². The van der Waals surface area contributed by atoms with Crippen LogP contribution in [-0.4, -0.2) is 18.4 Å². The van der Waals surface area contributed by atoms with Crippen LogP contribution in [0.25, 0.3) is 10.8 Å². The molecule has 5 heteroatoms. The first-order valence-corrected chi connectivity index (χ1v) is 8.43. The lowest BCUT2D eigenvalue weighted by atomic mass is 9.89. The minimum absolute atomic E-state index is 0.0143. The minimum Gasteiger partial charge on any atom is -0.484 e. The van der Waals surface area contributed by atoms with E-state index in [-0.39, 0.29) is 24.3 Å². The number of benzene rings is 2. The van der Waals surface area contributed by atoms with Crippen LogP contribution in [-0.2, 0) is 9.59 Å². The first-order valence-electron chi connectivity index (χ1n) is 8.43. The van der Waals surface area contributed by atoms with Gasteiger partial charge in [0.1, 0.15) is 5.75 Å². The first kappa shape index (κ1) is 16.3. The fourth-order valence-corrected chi connectivity index (χ4v) is 3.04. The van der Waals surface area contributed by atoms with Crippen molar-refractivity contribution in [3.05, 3.63) is 42.5 Å². The lowest BCUT2D eigenvalue weighted by Gasteiger charge is -2.20. The van der Waals surface area contributed by atoms with E-state index in [1.807, 2.05) is 42.5 Å². The highest BCUT2D eigenvalue weighted by atomic mass is 16.5. The molecule has 3 rings (SSSR count). The molecule has 0 saturated heterocycles. The maximum Gasteiger partial charge on any atom is 0.276 e. The van der Waals surface area contributed by atoms with Crippen LogP contribution in [0.5, 0.6) is 5.75 Å². The van der Waals surface area contributed by atoms with E-state index in [1.165, 1.54) is 6.42 Å². The highest BCUT2D eigenvalue weighted by molar-refractivity contribution is 5.85. The summed E-state index contributed by atoms with van der Waals surface area (Å²) in [5.41, 5.74) is 4.92. The van der Waals surface area contributed by atoms with E-state index in [9.17, 15) is 9.59 Å². The molecular formula is C19H22N2O3. The van der Waals surface area contributed by atoms with Gasteiger partial charge in [-0.15, -0.1) is 0 Å². The van der Waals surface area contributed by atoms with E-state index < -0.39 is 0 Å². The van der Waals surface area contributed by atoms with Gasteiger partial charge in [0.2, 0.25) is 5.91 Å². The summed E-state index contributed by atoms with van der Waals surface area (Å²) in [5, 5.41) is 2.18. The highest BCUT2D eigenvalue weighted by Crippen LogP contribution is 2.23. The number of hydrogen-bond acceptors (Lipinski definition) is 3. The van der Waals surface area contributed by atoms with Crippen LogP contribution in [0.3, 0.4) is 0 Å². The lowest BCUT2D eigenvalue weighted by molar-refractivity contribution is -0.132. The molecule has 0 spiro atoms. The zero-order valence-electron chi connectivity index (χ0n) is 13.6. The molecular weight excluding hydrogens is 304 g/mol. The molecule has 1 aliphatic rings. The standard InChI is InChI=1S/C19H22N2O3/c22-18(20-21-19(23)15-7-2-1-3-8-15)13-24-17-11-10-14-6-4-5-9-16(14)12-17/h4-6,9-12,15H,1-3,7-8,13H2,(H,20,22)(H,21,23). The number of hydrazine groups is 1. The summed E-state index contributed by atoms with van der Waals surface area (Å²) in [6.07, 6.45) is 5.15. The van der Waals surface area contributed by atoms with Crippen molar-refractivity contribution < 1.29 is 14.3 Å². The average Bonchev–Trinajstić information content (AvgIpc) is 2.65. The lowest BCUT2D eigenvalue weighted by Crippen LogP contribution is -2.46. The van der Waals surface area contributed by atoms with Gasteiger partial charge in [0.25, 0.3) is 5.91 Å². The zero-order valence-corrected chi connectivity index (χ0v) is 13.6. The minimum atomic E-state index is -0.368. The van der Waals surface area contributed by atoms with E-state index in [0.29, 0.717) is 5.75 Å². The second kappa shape index (κ2) is 7.81. The number of carbonyl (C=O) groups excluding carboxylic acids is 2. The summed E-state index contributed by atoms with van der Waals surface area (Å²) in [6, 6.07) is 13.6. The Hall–Kier alpha value is -2.56. The van der Waals surface area contributed by atoms with Crippen molar-refractivity contribution in [3.8, 4) is 5.75 Å². The summed E-state index contributed by atoms with van der Waals surface area (Å²) >= 11 is 0. The third-order valence-corrected chi connectivity index (χ3v) is 4.39. The van der Waals surface area contributed by atoms with Gasteiger partial charge in [0.15, 0.2) is 6.61 Å². The summed E-state index contributed by atoms with van der Waals surface area (Å²) < 4.78 is 5.49. The van der Waals surface area contributed by atoms with Gasteiger partial charge in [0.05, 0.1) is 0 Å². The third-order valence-electron chi connectivity index (χ3n) is 4.39. The molecule has 0 unspecified atom stereocenters. The number of amides is 2. The molecule has 0 aliphatic heterocycles. The summed E-state index contributed by atoms with van der Waals surface area (Å²) in [6.45, 7) is -0.136. The second-order valence-corrected chi connectivity index (χ2v) is 6.17. The van der Waals surface area contributed by atoms with Gasteiger partial charge >= 0.3 is 0 Å². The topological polar surface area (TPSA) is 67.4 Å². The number of rotatable bonds is 4. The summed E-state index contributed by atoms with van der Waals surface area (Å²) in [5.74, 6) is 0.170. The predicted molar refractivity (Wildman–Crippen MR) is 92.3 cm³/mol. The van der Waals surface area contributed by atoms with Gasteiger partial charge in [-0.2, -0.15) is 0 Å². The van der Waals surface area contributed by atoms with Crippen LogP contribution in [0, 0.1) is 5.92 Å². The van der Waals surface area contributed by atoms with E-state index in [4.69, 9.17) is 4.74 Å². The van der Waals surface area contributed by atoms with Crippen LogP contribution in [0.4, 0.5) is 0 Å². The number of ether oxygens (including phenoxy) is 1. The van der Waals surface area contributed by atoms with E-state index in [2.05, 4.69) is 10.9 Å². The molecule has 2 aromatic rings. The van der Waals surface area contributed by atoms with Crippen molar-refractivity contribution in [2.24, 2.45) is 5.92 Å². The molecule has 2 aromatic carbocycles. The largest absolute Gasteiger partial charge is 0.484 e. The Morgan fingerprint density at radius 2 is 1.71 bits per heavy atom. The summed E-state index contributed by atoms with van der Waals surface area (Å²) in [7, 11) is 0. The fourth-order valence-electron chi connectivity index (χ4n) is 3.04. The normalized spacial score (nSPS) is 15.0. The molecule has 24 heavy (non-hydrogen) atoms. The summed E-state index contributed by atoms with van der Waals surface area (Å²) in [4.78, 5) is 23.8. The molecule has 126 valence electrons. The van der Waals surface area contributed by atoms with Crippen molar-refractivity contribution in [3.63, 3.8) is 0 Å². The van der Waals surface area contributed by atoms with Gasteiger partial charge in [-0.3, -0.25) is 20.4 Å². The Balaban J connectivity index is 1.45. The van der Waals surface area contributed by atoms with Crippen LogP contribution in [0.15, 0.2) is 42.5 Å². The second-order valence-electron chi connectivity index (χ2n) is 6.17. The fraction of sp³-hybridized carbons (Fsp3) is 0.368. The number of fused-ring (bicyclic) bond motifs is 1. The molecule has 5 nitrogen and oxygen atoms in total.